The molecule has 43 heavy (non-hydrogen) atoms. The fourth-order valence-corrected chi connectivity index (χ4v) is 4.62. The quantitative estimate of drug-likeness (QED) is 0.139. The lowest BCUT2D eigenvalue weighted by atomic mass is 9.98. The smallest absolute Gasteiger partial charge is 0.319 e. The molecule has 3 aliphatic heterocycles. The first-order chi connectivity index (χ1) is 20.6. The number of ether oxygens (including phenoxy) is 5. The number of carbonyl (C=O) groups is 2. The Morgan fingerprint density at radius 1 is 0.535 bits per heavy atom. The van der Waals surface area contributed by atoms with Crippen molar-refractivity contribution in [1.29, 1.82) is 0 Å². The normalized spacial score (nSPS) is 37.6. The van der Waals surface area contributed by atoms with Crippen LogP contribution in [0.1, 0.15) is 0 Å². The van der Waals surface area contributed by atoms with Gasteiger partial charge < -0.3 is 85.0 Å². The van der Waals surface area contributed by atoms with E-state index in [0.717, 1.165) is 0 Å². The molecular formula is C24H44N4O15. The van der Waals surface area contributed by atoms with Gasteiger partial charge in [0.05, 0.1) is 52.9 Å². The maximum Gasteiger partial charge on any atom is 0.319 e. The topological polar surface area (TPSA) is 273 Å². The highest BCUT2D eigenvalue weighted by Gasteiger charge is 2.45. The third-order valence-corrected chi connectivity index (χ3v) is 7.28. The van der Waals surface area contributed by atoms with Crippen LogP contribution >= 0.6 is 0 Å². The lowest BCUT2D eigenvalue weighted by Crippen LogP contribution is -2.64. The van der Waals surface area contributed by atoms with E-state index in [9.17, 15) is 50.4 Å². The highest BCUT2D eigenvalue weighted by molar-refractivity contribution is 5.75. The molecule has 0 aromatic rings. The van der Waals surface area contributed by atoms with E-state index in [4.69, 9.17) is 23.7 Å². The zero-order valence-electron chi connectivity index (χ0n) is 23.6. The summed E-state index contributed by atoms with van der Waals surface area (Å²) < 4.78 is 27.3. The molecule has 250 valence electrons. The van der Waals surface area contributed by atoms with Crippen LogP contribution in [-0.4, -0.2) is 203 Å². The second-order valence-electron chi connectivity index (χ2n) is 10.2. The number of urea groups is 2. The van der Waals surface area contributed by atoms with Gasteiger partial charge in [0, 0.05) is 26.2 Å². The van der Waals surface area contributed by atoms with Gasteiger partial charge in [-0.25, -0.2) is 9.59 Å². The van der Waals surface area contributed by atoms with Crippen molar-refractivity contribution in [3.63, 3.8) is 0 Å². The van der Waals surface area contributed by atoms with Gasteiger partial charge in [-0.05, 0) is 0 Å². The molecule has 3 saturated heterocycles. The van der Waals surface area contributed by atoms with Crippen LogP contribution in [-0.2, 0) is 23.7 Å². The van der Waals surface area contributed by atoms with Crippen molar-refractivity contribution in [1.82, 2.24) is 20.4 Å². The molecule has 0 radical (unpaired) electrons. The van der Waals surface area contributed by atoms with Gasteiger partial charge in [-0.3, -0.25) is 0 Å². The maximum atomic E-state index is 13.0. The van der Waals surface area contributed by atoms with E-state index in [-0.39, 0.29) is 65.8 Å². The summed E-state index contributed by atoms with van der Waals surface area (Å²) >= 11 is 0. The average molecular weight is 629 g/mol. The highest BCUT2D eigenvalue weighted by atomic mass is 16.6. The second kappa shape index (κ2) is 17.5. The molecule has 0 spiro atoms. The lowest BCUT2D eigenvalue weighted by Gasteiger charge is -2.40. The molecule has 10 atom stereocenters. The molecule has 10 N–H and O–H groups in total. The van der Waals surface area contributed by atoms with Crippen molar-refractivity contribution in [3.8, 4) is 0 Å². The van der Waals surface area contributed by atoms with E-state index in [0.29, 0.717) is 0 Å². The first-order valence-electron chi connectivity index (χ1n) is 14.0. The van der Waals surface area contributed by atoms with Crippen molar-refractivity contribution in [2.75, 3.05) is 79.0 Å². The van der Waals surface area contributed by atoms with Crippen LogP contribution < -0.4 is 10.6 Å². The van der Waals surface area contributed by atoms with Crippen molar-refractivity contribution in [3.05, 3.63) is 0 Å². The van der Waals surface area contributed by atoms with Crippen LogP contribution in [0.25, 0.3) is 0 Å². The summed E-state index contributed by atoms with van der Waals surface area (Å²) in [5.74, 6) is 0. The fraction of sp³-hybridized carbons (Fsp3) is 0.917. The molecule has 0 aromatic carbocycles. The summed E-state index contributed by atoms with van der Waals surface area (Å²) in [5.41, 5.74) is 0. The zero-order valence-corrected chi connectivity index (χ0v) is 23.6. The Hall–Kier alpha value is -1.98. The number of aliphatic hydroxyl groups is 8. The van der Waals surface area contributed by atoms with Crippen LogP contribution in [0, 0.1) is 0 Å². The van der Waals surface area contributed by atoms with E-state index >= 15 is 0 Å². The Kier molecular flexibility index (Phi) is 14.4. The Labute approximate surface area is 247 Å². The molecule has 0 saturated carbocycles. The highest BCUT2D eigenvalue weighted by Crippen LogP contribution is 2.21. The van der Waals surface area contributed by atoms with Crippen LogP contribution in [0.2, 0.25) is 0 Å². The summed E-state index contributed by atoms with van der Waals surface area (Å²) in [6, 6.07) is -1.39. The van der Waals surface area contributed by atoms with Crippen LogP contribution in [0.3, 0.4) is 0 Å². The number of nitrogens with zero attached hydrogens (tertiary/aromatic N) is 2. The van der Waals surface area contributed by atoms with E-state index in [1.807, 2.05) is 0 Å². The summed E-state index contributed by atoms with van der Waals surface area (Å²) in [5, 5.41) is 84.0. The van der Waals surface area contributed by atoms with E-state index in [1.54, 1.807) is 0 Å². The average Bonchev–Trinajstić information content (AvgIpc) is 3.00. The van der Waals surface area contributed by atoms with Crippen molar-refractivity contribution in [2.24, 2.45) is 0 Å². The third-order valence-electron chi connectivity index (χ3n) is 7.28. The molecule has 0 aromatic heterocycles. The summed E-state index contributed by atoms with van der Waals surface area (Å²) in [7, 11) is 0. The van der Waals surface area contributed by atoms with Crippen molar-refractivity contribution >= 4 is 12.1 Å². The molecule has 3 fully saturated rings. The minimum absolute atomic E-state index is 0.0285. The Balaban J connectivity index is 1.55. The third kappa shape index (κ3) is 9.75. The molecule has 3 aliphatic rings. The SMILES string of the molecule is O=C(N[C@@H]1O[C@H](CO)[C@@H](O)[C@H](O)[C@H]1O)N1CCOCCOCCN(C(=O)N[C@@H]2O[C@H](CO)[C@@H](O)[C@H](O)[C@H]2O)CCOCC1. The van der Waals surface area contributed by atoms with Gasteiger partial charge in [-0.1, -0.05) is 0 Å². The maximum absolute atomic E-state index is 13.0. The molecule has 3 heterocycles. The molecule has 3 rings (SSSR count). The first kappa shape index (κ1) is 35.5. The van der Waals surface area contributed by atoms with Crippen LogP contribution in [0.4, 0.5) is 9.59 Å². The van der Waals surface area contributed by atoms with Gasteiger partial charge in [0.1, 0.15) is 48.8 Å². The number of aliphatic hydroxyl groups excluding tert-OH is 8. The number of amides is 4. The van der Waals surface area contributed by atoms with Gasteiger partial charge in [0.2, 0.25) is 0 Å². The molecule has 19 nitrogen and oxygen atoms in total. The predicted octanol–water partition coefficient (Wildman–Crippen LogP) is -6.33. The molecule has 0 unspecified atom stereocenters. The van der Waals surface area contributed by atoms with Crippen molar-refractivity contribution in [2.45, 2.75) is 61.3 Å². The first-order valence-corrected chi connectivity index (χ1v) is 14.0. The molecular weight excluding hydrogens is 584 g/mol. The summed E-state index contributed by atoms with van der Waals surface area (Å²) in [6.07, 6.45) is -15.0. The van der Waals surface area contributed by atoms with Gasteiger partial charge in [-0.15, -0.1) is 0 Å². The fourth-order valence-electron chi connectivity index (χ4n) is 4.62. The van der Waals surface area contributed by atoms with E-state index in [1.165, 1.54) is 9.80 Å². The van der Waals surface area contributed by atoms with Gasteiger partial charge >= 0.3 is 12.1 Å². The largest absolute Gasteiger partial charge is 0.394 e. The van der Waals surface area contributed by atoms with Gasteiger partial charge in [-0.2, -0.15) is 0 Å². The number of carbonyl (C=O) groups excluding carboxylic acids is 2. The number of nitrogens with one attached hydrogen (secondary N) is 2. The van der Waals surface area contributed by atoms with E-state index < -0.39 is 86.6 Å². The Morgan fingerprint density at radius 3 is 1.19 bits per heavy atom. The molecule has 4 amide bonds. The molecule has 0 aliphatic carbocycles. The lowest BCUT2D eigenvalue weighted by molar-refractivity contribution is -0.233. The monoisotopic (exact) mass is 628 g/mol. The summed E-state index contributed by atoms with van der Waals surface area (Å²) in [4.78, 5) is 28.6. The number of hydrogen-bond donors (Lipinski definition) is 10. The number of rotatable bonds is 4. The molecule has 19 heteroatoms. The predicted molar refractivity (Wildman–Crippen MR) is 140 cm³/mol. The van der Waals surface area contributed by atoms with Gasteiger partial charge in [0.15, 0.2) is 12.5 Å². The minimum Gasteiger partial charge on any atom is -0.394 e. The number of hydrogen-bond acceptors (Lipinski definition) is 15. The summed E-state index contributed by atoms with van der Waals surface area (Å²) in [6.45, 7) is -0.309. The second-order valence-corrected chi connectivity index (χ2v) is 10.2. The standard InChI is InChI=1S/C24H44N4O15/c29-11-13-15(31)17(33)19(35)21(42-13)25-23(37)27-1-5-39-6-2-28(4-8-41-10-9-40-7-3-27)24(38)26-22-20(36)18(34)16(32)14(12-30)43-22/h13-22,29-36H,1-12H2,(H,25,37)(H,26,38)/t13-,14-,15-,16-,17+,18+,19-,20-,21-,22-/m1/s1. The zero-order chi connectivity index (χ0) is 31.5. The van der Waals surface area contributed by atoms with E-state index in [2.05, 4.69) is 10.6 Å². The Bertz CT molecular complexity index is 792. The van der Waals surface area contributed by atoms with Gasteiger partial charge in [0.25, 0.3) is 0 Å². The van der Waals surface area contributed by atoms with Crippen LogP contribution in [0.5, 0.6) is 0 Å². The van der Waals surface area contributed by atoms with Crippen LogP contribution in [0.15, 0.2) is 0 Å². The molecule has 0 bridgehead atoms. The Morgan fingerprint density at radius 2 is 0.860 bits per heavy atom. The van der Waals surface area contributed by atoms with Crippen molar-refractivity contribution < 1.29 is 74.1 Å². The minimum atomic E-state index is -1.66.